The van der Waals surface area contributed by atoms with Gasteiger partial charge in [0.25, 0.3) is 0 Å². The van der Waals surface area contributed by atoms with E-state index in [0.717, 1.165) is 11.1 Å². The number of halogens is 2. The molecule has 3 heteroatoms. The van der Waals surface area contributed by atoms with E-state index in [-0.39, 0.29) is 5.92 Å². The Bertz CT molecular complexity index is 387. The van der Waals surface area contributed by atoms with Crippen LogP contribution in [0.2, 0.25) is 0 Å². The van der Waals surface area contributed by atoms with Gasteiger partial charge in [-0.1, -0.05) is 26.0 Å². The van der Waals surface area contributed by atoms with E-state index in [9.17, 15) is 8.78 Å². The summed E-state index contributed by atoms with van der Waals surface area (Å²) in [7, 11) is 0. The van der Waals surface area contributed by atoms with Crippen LogP contribution in [0.3, 0.4) is 0 Å². The Labute approximate surface area is 88.1 Å². The van der Waals surface area contributed by atoms with Crippen molar-refractivity contribution in [1.82, 2.24) is 0 Å². The number of rotatable bonds is 0. The monoisotopic (exact) mass is 212 g/mol. The van der Waals surface area contributed by atoms with Gasteiger partial charge >= 0.3 is 6.11 Å². The minimum Gasteiger partial charge on any atom is -0.432 e. The summed E-state index contributed by atoms with van der Waals surface area (Å²) in [5.74, 6) is -0.636. The van der Waals surface area contributed by atoms with Crippen LogP contribution in [0, 0.1) is 12.8 Å². The zero-order valence-corrected chi connectivity index (χ0v) is 9.05. The van der Waals surface area contributed by atoms with Crippen LogP contribution >= 0.6 is 0 Å². The fourth-order valence-corrected chi connectivity index (χ4v) is 1.91. The summed E-state index contributed by atoms with van der Waals surface area (Å²) in [5.41, 5.74) is 1.81. The van der Waals surface area contributed by atoms with Crippen molar-refractivity contribution in [1.29, 1.82) is 0 Å². The molecule has 1 nitrogen and oxygen atoms in total. The van der Waals surface area contributed by atoms with E-state index in [4.69, 9.17) is 4.74 Å². The quantitative estimate of drug-likeness (QED) is 0.636. The van der Waals surface area contributed by atoms with Crippen LogP contribution in [0.5, 0.6) is 5.75 Å². The molecule has 0 amide bonds. The molecule has 0 bridgehead atoms. The lowest BCUT2D eigenvalue weighted by atomic mass is 9.85. The lowest BCUT2D eigenvalue weighted by Crippen LogP contribution is -2.39. The van der Waals surface area contributed by atoms with Gasteiger partial charge in [-0.25, -0.2) is 0 Å². The molecule has 1 aromatic carbocycles. The van der Waals surface area contributed by atoms with Crippen LogP contribution in [0.15, 0.2) is 18.2 Å². The summed E-state index contributed by atoms with van der Waals surface area (Å²) in [4.78, 5) is 0. The molecule has 15 heavy (non-hydrogen) atoms. The molecule has 1 aliphatic rings. The van der Waals surface area contributed by atoms with Crippen molar-refractivity contribution in [2.24, 2.45) is 5.92 Å². The van der Waals surface area contributed by atoms with Gasteiger partial charge in [0, 0.05) is 0 Å². The smallest absolute Gasteiger partial charge is 0.401 e. The molecule has 2 unspecified atom stereocenters. The largest absolute Gasteiger partial charge is 0.432 e. The number of aryl methyl sites for hydroxylation is 1. The van der Waals surface area contributed by atoms with Gasteiger partial charge in [-0.05, 0) is 30.0 Å². The van der Waals surface area contributed by atoms with Crippen LogP contribution in [-0.4, -0.2) is 6.11 Å². The maximum absolute atomic E-state index is 13.4. The molecule has 1 aliphatic heterocycles. The second kappa shape index (κ2) is 3.19. The maximum atomic E-state index is 13.4. The molecule has 0 radical (unpaired) electrons. The number of alkyl halides is 2. The molecular weight excluding hydrogens is 198 g/mol. The van der Waals surface area contributed by atoms with Crippen molar-refractivity contribution in [3.8, 4) is 5.75 Å². The third kappa shape index (κ3) is 1.60. The molecule has 1 aromatic rings. The molecule has 0 aromatic heterocycles. The standard InChI is InChI=1S/C12H14F2O/c1-7-4-5-10-8(2)9(3)12(13,14)15-11(10)6-7/h4-6,8-9H,1-3H3. The zero-order chi connectivity index (χ0) is 11.2. The molecular formula is C12H14F2O. The first-order valence-electron chi connectivity index (χ1n) is 5.09. The number of ether oxygens (including phenoxy) is 1. The Hall–Kier alpha value is -1.12. The number of benzene rings is 1. The van der Waals surface area contributed by atoms with Crippen molar-refractivity contribution >= 4 is 0 Å². The average molecular weight is 212 g/mol. The van der Waals surface area contributed by atoms with Gasteiger partial charge in [0.15, 0.2) is 0 Å². The number of fused-ring (bicyclic) bond motifs is 1. The van der Waals surface area contributed by atoms with E-state index in [0.29, 0.717) is 5.75 Å². The summed E-state index contributed by atoms with van der Waals surface area (Å²) >= 11 is 0. The molecule has 0 N–H and O–H groups in total. The van der Waals surface area contributed by atoms with Gasteiger partial charge in [0.1, 0.15) is 5.75 Å². The Kier molecular flexibility index (Phi) is 2.21. The molecule has 82 valence electrons. The van der Waals surface area contributed by atoms with E-state index in [1.165, 1.54) is 6.92 Å². The highest BCUT2D eigenvalue weighted by atomic mass is 19.3. The second-order valence-electron chi connectivity index (χ2n) is 4.28. The van der Waals surface area contributed by atoms with Crippen molar-refractivity contribution in [3.63, 3.8) is 0 Å². The first kappa shape index (κ1) is 10.4. The predicted molar refractivity (Wildman–Crippen MR) is 54.3 cm³/mol. The van der Waals surface area contributed by atoms with Crippen LogP contribution < -0.4 is 4.74 Å². The molecule has 2 atom stereocenters. The Morgan fingerprint density at radius 2 is 1.93 bits per heavy atom. The summed E-state index contributed by atoms with van der Waals surface area (Å²) in [6, 6.07) is 5.47. The van der Waals surface area contributed by atoms with E-state index in [2.05, 4.69) is 0 Å². The third-order valence-electron chi connectivity index (χ3n) is 3.19. The minimum absolute atomic E-state index is 0.177. The van der Waals surface area contributed by atoms with Gasteiger partial charge < -0.3 is 4.74 Å². The lowest BCUT2D eigenvalue weighted by molar-refractivity contribution is -0.224. The molecule has 0 saturated carbocycles. The van der Waals surface area contributed by atoms with E-state index >= 15 is 0 Å². The molecule has 0 fully saturated rings. The second-order valence-corrected chi connectivity index (χ2v) is 4.28. The first-order valence-corrected chi connectivity index (χ1v) is 5.09. The fourth-order valence-electron chi connectivity index (χ4n) is 1.91. The molecule has 0 aliphatic carbocycles. The van der Waals surface area contributed by atoms with Crippen LogP contribution in [0.25, 0.3) is 0 Å². The van der Waals surface area contributed by atoms with Crippen molar-refractivity contribution in [3.05, 3.63) is 29.3 Å². The van der Waals surface area contributed by atoms with Crippen molar-refractivity contribution < 1.29 is 13.5 Å². The van der Waals surface area contributed by atoms with Gasteiger partial charge in [-0.3, -0.25) is 0 Å². The highest BCUT2D eigenvalue weighted by molar-refractivity contribution is 5.41. The van der Waals surface area contributed by atoms with Gasteiger partial charge in [0.2, 0.25) is 0 Å². The predicted octanol–water partition coefficient (Wildman–Crippen LogP) is 3.72. The Morgan fingerprint density at radius 3 is 2.60 bits per heavy atom. The SMILES string of the molecule is Cc1ccc2c(c1)OC(F)(F)C(C)C2C. The normalized spacial score (nSPS) is 28.1. The summed E-state index contributed by atoms with van der Waals surface area (Å²) in [6.45, 7) is 5.20. The lowest BCUT2D eigenvalue weighted by Gasteiger charge is -2.35. The average Bonchev–Trinajstić information content (AvgIpc) is 2.13. The topological polar surface area (TPSA) is 9.23 Å². The van der Waals surface area contributed by atoms with Gasteiger partial charge in [0.05, 0.1) is 5.92 Å². The van der Waals surface area contributed by atoms with Gasteiger partial charge in [-0.2, -0.15) is 8.78 Å². The highest BCUT2D eigenvalue weighted by Gasteiger charge is 2.47. The molecule has 0 saturated heterocycles. The third-order valence-corrected chi connectivity index (χ3v) is 3.19. The zero-order valence-electron chi connectivity index (χ0n) is 9.05. The summed E-state index contributed by atoms with van der Waals surface area (Å²) < 4.78 is 31.6. The molecule has 0 spiro atoms. The van der Waals surface area contributed by atoms with E-state index in [1.807, 2.05) is 26.0 Å². The molecule has 1 heterocycles. The Morgan fingerprint density at radius 1 is 1.27 bits per heavy atom. The maximum Gasteiger partial charge on any atom is 0.401 e. The Balaban J connectivity index is 2.50. The highest BCUT2D eigenvalue weighted by Crippen LogP contribution is 2.46. The summed E-state index contributed by atoms with van der Waals surface area (Å²) in [6.07, 6.45) is -3.06. The minimum atomic E-state index is -3.06. The number of hydrogen-bond donors (Lipinski definition) is 0. The van der Waals surface area contributed by atoms with E-state index < -0.39 is 12.0 Å². The number of hydrogen-bond acceptors (Lipinski definition) is 1. The van der Waals surface area contributed by atoms with Crippen molar-refractivity contribution in [2.45, 2.75) is 32.8 Å². The van der Waals surface area contributed by atoms with Crippen LogP contribution in [-0.2, 0) is 0 Å². The van der Waals surface area contributed by atoms with E-state index in [1.54, 1.807) is 6.07 Å². The van der Waals surface area contributed by atoms with Crippen molar-refractivity contribution in [2.75, 3.05) is 0 Å². The van der Waals surface area contributed by atoms with Crippen LogP contribution in [0.4, 0.5) is 8.78 Å². The summed E-state index contributed by atoms with van der Waals surface area (Å²) in [5, 5.41) is 0. The van der Waals surface area contributed by atoms with Gasteiger partial charge in [-0.15, -0.1) is 0 Å². The first-order chi connectivity index (χ1) is 6.92. The fraction of sp³-hybridized carbons (Fsp3) is 0.500. The van der Waals surface area contributed by atoms with Crippen LogP contribution in [0.1, 0.15) is 30.9 Å². The molecule has 2 rings (SSSR count).